The largest absolute Gasteiger partial charge is 0.251 e. The number of alkyl halides is 1. The van der Waals surface area contributed by atoms with Gasteiger partial charge < -0.3 is 0 Å². The molecule has 0 saturated carbocycles. The summed E-state index contributed by atoms with van der Waals surface area (Å²) in [4.78, 5) is 3.68. The Kier molecular flexibility index (Phi) is 4.47. The van der Waals surface area contributed by atoms with E-state index in [0.29, 0.717) is 12.8 Å². The molecule has 24 heavy (non-hydrogen) atoms. The van der Waals surface area contributed by atoms with Crippen molar-refractivity contribution in [3.05, 3.63) is 59.7 Å². The molecule has 1 unspecified atom stereocenters. The van der Waals surface area contributed by atoms with Crippen LogP contribution in [0.2, 0.25) is 0 Å². The maximum atomic E-state index is 13.2. The summed E-state index contributed by atoms with van der Waals surface area (Å²) in [6, 6.07) is 9.07. The third-order valence-electron chi connectivity index (χ3n) is 4.18. The summed E-state index contributed by atoms with van der Waals surface area (Å²) in [5.41, 5.74) is 3.39. The van der Waals surface area contributed by atoms with Crippen molar-refractivity contribution in [2.24, 2.45) is 11.1 Å². The molecule has 0 amide bonds. The van der Waals surface area contributed by atoms with Gasteiger partial charge in [0.2, 0.25) is 16.0 Å². The number of allylic oxidation sites excluding steroid dienone is 2. The Morgan fingerprint density at radius 2 is 1.62 bits per heavy atom. The first-order chi connectivity index (χ1) is 11.4. The summed E-state index contributed by atoms with van der Waals surface area (Å²) in [5, 5.41) is 5.10. The molecule has 0 radical (unpaired) electrons. The van der Waals surface area contributed by atoms with Crippen molar-refractivity contribution >= 4 is 21.2 Å². The van der Waals surface area contributed by atoms with Crippen LogP contribution in [0.15, 0.2) is 47.5 Å². The van der Waals surface area contributed by atoms with E-state index >= 15 is 0 Å². The maximum Gasteiger partial charge on any atom is 0.238 e. The summed E-state index contributed by atoms with van der Waals surface area (Å²) in [6.45, 7) is -0.448. The second-order valence-corrected chi connectivity index (χ2v) is 7.39. The van der Waals surface area contributed by atoms with E-state index < -0.39 is 22.6 Å². The first kappa shape index (κ1) is 16.7. The zero-order valence-electron chi connectivity index (χ0n) is 12.7. The quantitative estimate of drug-likeness (QED) is 0.861. The van der Waals surface area contributed by atoms with E-state index in [4.69, 9.17) is 5.14 Å². The number of rotatable bonds is 4. The molecule has 0 bridgehead atoms. The average molecular weight is 350 g/mol. The van der Waals surface area contributed by atoms with E-state index in [-0.39, 0.29) is 10.8 Å². The van der Waals surface area contributed by atoms with Crippen molar-refractivity contribution in [1.29, 1.82) is 0 Å². The van der Waals surface area contributed by atoms with Crippen molar-refractivity contribution in [3.8, 4) is 0 Å². The van der Waals surface area contributed by atoms with E-state index in [9.17, 15) is 17.2 Å². The van der Waals surface area contributed by atoms with Crippen LogP contribution in [0.5, 0.6) is 0 Å². The van der Waals surface area contributed by atoms with Crippen LogP contribution in [0.25, 0.3) is 11.1 Å². The zero-order valence-corrected chi connectivity index (χ0v) is 13.6. The Labute approximate surface area is 139 Å². The summed E-state index contributed by atoms with van der Waals surface area (Å²) in [7, 11) is -3.76. The number of nitrogens with two attached hydrogens (primary N) is 1. The van der Waals surface area contributed by atoms with Gasteiger partial charge in [0.25, 0.3) is 0 Å². The molecule has 7 heteroatoms. The van der Waals surface area contributed by atoms with Gasteiger partial charge in [0.1, 0.15) is 0 Å². The van der Waals surface area contributed by atoms with E-state index in [0.717, 1.165) is 22.3 Å². The van der Waals surface area contributed by atoms with Crippen molar-refractivity contribution < 1.29 is 17.2 Å². The minimum Gasteiger partial charge on any atom is -0.251 e. The highest BCUT2D eigenvalue weighted by Crippen LogP contribution is 2.43. The van der Waals surface area contributed by atoms with Crippen molar-refractivity contribution in [3.63, 3.8) is 0 Å². The molecule has 1 aromatic carbocycles. The van der Waals surface area contributed by atoms with Gasteiger partial charge in [0, 0.05) is 6.20 Å². The molecule has 1 heterocycles. The fourth-order valence-electron chi connectivity index (χ4n) is 2.99. The molecule has 1 atom stereocenters. The molecule has 2 N–H and O–H groups in total. The lowest BCUT2D eigenvalue weighted by molar-refractivity contribution is 0.379. The predicted octanol–water partition coefficient (Wildman–Crippen LogP) is 3.16. The van der Waals surface area contributed by atoms with Crippen LogP contribution in [-0.2, 0) is 10.0 Å². The lowest BCUT2D eigenvalue weighted by atomic mass is 9.98. The molecular formula is C17H16F2N2O2S. The lowest BCUT2D eigenvalue weighted by Crippen LogP contribution is -2.11. The lowest BCUT2D eigenvalue weighted by Gasteiger charge is -2.09. The summed E-state index contributed by atoms with van der Waals surface area (Å²) in [6.07, 6.45) is 2.51. The molecule has 0 spiro atoms. The minimum absolute atomic E-state index is 0.0249. The zero-order chi connectivity index (χ0) is 17.3. The van der Waals surface area contributed by atoms with Gasteiger partial charge in [0.05, 0.1) is 11.6 Å². The Morgan fingerprint density at radius 3 is 2.12 bits per heavy atom. The standard InChI is InChI=1S/C17H16F2N2O2S/c18-9-11-7-15(12-1-4-14(5-2-12)24(20,22)23)16(8-11)13-3-6-17(19)21-10-13/h1-6,10-11H,7-9H2,(H2,20,22,23). The Bertz CT molecular complexity index is 876. The van der Waals surface area contributed by atoms with Crippen LogP contribution in [0, 0.1) is 11.9 Å². The number of nitrogens with zero attached hydrogens (tertiary/aromatic N) is 1. The smallest absolute Gasteiger partial charge is 0.238 e. The predicted molar refractivity (Wildman–Crippen MR) is 87.5 cm³/mol. The van der Waals surface area contributed by atoms with Gasteiger partial charge in [-0.1, -0.05) is 12.1 Å². The van der Waals surface area contributed by atoms with Gasteiger partial charge in [-0.3, -0.25) is 4.39 Å². The van der Waals surface area contributed by atoms with E-state index in [2.05, 4.69) is 4.98 Å². The number of hydrogen-bond donors (Lipinski definition) is 1. The Morgan fingerprint density at radius 1 is 1.04 bits per heavy atom. The molecular weight excluding hydrogens is 334 g/mol. The van der Waals surface area contributed by atoms with Gasteiger partial charge in [0.15, 0.2) is 0 Å². The fraction of sp³-hybridized carbons (Fsp3) is 0.235. The number of halogens is 2. The highest BCUT2D eigenvalue weighted by atomic mass is 32.2. The average Bonchev–Trinajstić information content (AvgIpc) is 2.99. The van der Waals surface area contributed by atoms with Gasteiger partial charge in [-0.15, -0.1) is 0 Å². The van der Waals surface area contributed by atoms with E-state index in [1.807, 2.05) is 0 Å². The van der Waals surface area contributed by atoms with Crippen LogP contribution in [0.4, 0.5) is 8.78 Å². The summed E-state index contributed by atoms with van der Waals surface area (Å²) >= 11 is 0. The monoisotopic (exact) mass is 350 g/mol. The maximum absolute atomic E-state index is 13.2. The molecule has 126 valence electrons. The summed E-state index contributed by atoms with van der Waals surface area (Å²) in [5.74, 6) is -0.712. The molecule has 4 nitrogen and oxygen atoms in total. The highest BCUT2D eigenvalue weighted by molar-refractivity contribution is 7.89. The molecule has 2 aromatic rings. The second-order valence-electron chi connectivity index (χ2n) is 5.82. The number of aromatic nitrogens is 1. The third-order valence-corrected chi connectivity index (χ3v) is 5.10. The van der Waals surface area contributed by atoms with Gasteiger partial charge >= 0.3 is 0 Å². The Balaban J connectivity index is 2.04. The molecule has 1 aromatic heterocycles. The normalized spacial score (nSPS) is 18.2. The first-order valence-corrected chi connectivity index (χ1v) is 8.96. The second kappa shape index (κ2) is 6.41. The molecule has 1 aliphatic rings. The number of benzene rings is 1. The number of hydrogen-bond acceptors (Lipinski definition) is 3. The van der Waals surface area contributed by atoms with Crippen molar-refractivity contribution in [2.45, 2.75) is 17.7 Å². The van der Waals surface area contributed by atoms with Crippen molar-refractivity contribution in [1.82, 2.24) is 4.98 Å². The van der Waals surface area contributed by atoms with Crippen LogP contribution in [-0.4, -0.2) is 20.1 Å². The number of primary sulfonamides is 1. The van der Waals surface area contributed by atoms with Gasteiger partial charge in [-0.25, -0.2) is 18.5 Å². The van der Waals surface area contributed by atoms with Crippen LogP contribution in [0.3, 0.4) is 0 Å². The summed E-state index contributed by atoms with van der Waals surface area (Å²) < 4.78 is 48.9. The SMILES string of the molecule is NS(=O)(=O)c1ccc(C2=C(c3ccc(F)nc3)CC(CF)C2)cc1. The van der Waals surface area contributed by atoms with E-state index in [1.54, 1.807) is 18.2 Å². The minimum atomic E-state index is -3.76. The third kappa shape index (κ3) is 3.37. The Hall–Kier alpha value is -2.12. The fourth-order valence-corrected chi connectivity index (χ4v) is 3.50. The molecule has 0 aliphatic heterocycles. The number of pyridine rings is 1. The number of sulfonamides is 1. The first-order valence-electron chi connectivity index (χ1n) is 7.41. The van der Waals surface area contributed by atoms with Gasteiger partial charge in [-0.2, -0.15) is 4.39 Å². The van der Waals surface area contributed by atoms with Crippen LogP contribution < -0.4 is 5.14 Å². The van der Waals surface area contributed by atoms with Crippen LogP contribution >= 0.6 is 0 Å². The molecule has 3 rings (SSSR count). The molecule has 0 saturated heterocycles. The highest BCUT2D eigenvalue weighted by Gasteiger charge is 2.26. The molecule has 1 aliphatic carbocycles. The van der Waals surface area contributed by atoms with Gasteiger partial charge in [-0.05, 0) is 65.3 Å². The topological polar surface area (TPSA) is 73.1 Å². The van der Waals surface area contributed by atoms with E-state index in [1.165, 1.54) is 24.4 Å². The van der Waals surface area contributed by atoms with Crippen LogP contribution in [0.1, 0.15) is 24.0 Å². The molecule has 0 fully saturated rings. The van der Waals surface area contributed by atoms with Crippen molar-refractivity contribution in [2.75, 3.05) is 6.67 Å².